The topological polar surface area (TPSA) is 103 Å². The van der Waals surface area contributed by atoms with Crippen molar-refractivity contribution in [3.8, 4) is 0 Å². The molecule has 164 valence electrons. The van der Waals surface area contributed by atoms with Gasteiger partial charge in [-0.15, -0.1) is 0 Å². The van der Waals surface area contributed by atoms with Crippen LogP contribution in [0, 0.1) is 11.2 Å². The van der Waals surface area contributed by atoms with Gasteiger partial charge in [0.2, 0.25) is 12.5 Å². The fourth-order valence-corrected chi connectivity index (χ4v) is 2.18. The molecule has 0 aliphatic carbocycles. The Morgan fingerprint density at radius 3 is 2.40 bits per heavy atom. The largest absolute Gasteiger partial charge is 0.479 e. The van der Waals surface area contributed by atoms with E-state index in [4.69, 9.17) is 22.1 Å². The first-order valence-electron chi connectivity index (χ1n) is 8.12. The van der Waals surface area contributed by atoms with E-state index in [2.05, 4.69) is 23.3 Å². The molecular weight excluding hydrogens is 427 g/mol. The van der Waals surface area contributed by atoms with E-state index < -0.39 is 30.2 Å². The molecular formula is C19H21ClF3N3O4. The minimum atomic E-state index is -3.15. The van der Waals surface area contributed by atoms with Gasteiger partial charge in [-0.1, -0.05) is 23.3 Å². The molecule has 7 nitrogen and oxygen atoms in total. The number of oxime groups is 1. The molecule has 0 aliphatic rings. The molecule has 0 bridgehead atoms. The summed E-state index contributed by atoms with van der Waals surface area (Å²) in [5.74, 6) is -5.99. The lowest BCUT2D eigenvalue weighted by Crippen LogP contribution is -2.28. The van der Waals surface area contributed by atoms with Crippen LogP contribution in [0.4, 0.5) is 18.9 Å². The zero-order valence-electron chi connectivity index (χ0n) is 16.5. The van der Waals surface area contributed by atoms with Gasteiger partial charge in [0.15, 0.2) is 0 Å². The first kappa shape index (κ1) is 26.9. The van der Waals surface area contributed by atoms with Crippen LogP contribution in [0.15, 0.2) is 41.2 Å². The van der Waals surface area contributed by atoms with Gasteiger partial charge in [0.25, 0.3) is 5.92 Å². The van der Waals surface area contributed by atoms with Crippen LogP contribution in [0.3, 0.4) is 0 Å². The lowest BCUT2D eigenvalue weighted by Gasteiger charge is -2.24. The maximum absolute atomic E-state index is 14.4. The molecule has 1 amide bonds. The van der Waals surface area contributed by atoms with Crippen molar-refractivity contribution in [2.45, 2.75) is 26.7 Å². The molecule has 0 fully saturated rings. The van der Waals surface area contributed by atoms with Gasteiger partial charge in [0, 0.05) is 25.1 Å². The molecule has 30 heavy (non-hydrogen) atoms. The van der Waals surface area contributed by atoms with Crippen LogP contribution in [0.2, 0.25) is 5.02 Å². The summed E-state index contributed by atoms with van der Waals surface area (Å²) >= 11 is 5.91. The summed E-state index contributed by atoms with van der Waals surface area (Å²) in [5, 5.41) is 17.3. The van der Waals surface area contributed by atoms with Crippen molar-refractivity contribution in [1.82, 2.24) is 0 Å². The van der Waals surface area contributed by atoms with Crippen molar-refractivity contribution >= 4 is 42.1 Å². The third-order valence-corrected chi connectivity index (χ3v) is 3.77. The van der Waals surface area contributed by atoms with Crippen molar-refractivity contribution in [3.63, 3.8) is 0 Å². The Labute approximate surface area is 176 Å². The Morgan fingerprint density at radius 1 is 1.37 bits per heavy atom. The number of anilines is 1. The Kier molecular flexibility index (Phi) is 10.5. The molecule has 11 heteroatoms. The summed E-state index contributed by atoms with van der Waals surface area (Å²) in [7, 11) is 0. The molecule has 0 atom stereocenters. The van der Waals surface area contributed by atoms with Gasteiger partial charge in [-0.25, -0.2) is 18.0 Å². The van der Waals surface area contributed by atoms with Crippen LogP contribution in [-0.2, 0) is 14.4 Å². The van der Waals surface area contributed by atoms with E-state index in [1.54, 1.807) is 0 Å². The maximum Gasteiger partial charge on any atom is 0.344 e. The number of alkyl halides is 2. The SMILES string of the molecule is C=C(/C=C(\C)C(C)(F)F)N(C(C)=O)c1cc(/C=N/OCC(=O)O)c(Cl)cc1F.C=N. The predicted molar refractivity (Wildman–Crippen MR) is 109 cm³/mol. The summed E-state index contributed by atoms with van der Waals surface area (Å²) < 4.78 is 41.2. The van der Waals surface area contributed by atoms with Crippen LogP contribution < -0.4 is 4.90 Å². The van der Waals surface area contributed by atoms with Gasteiger partial charge >= 0.3 is 5.97 Å². The molecule has 0 unspecified atom stereocenters. The highest BCUT2D eigenvalue weighted by Gasteiger charge is 2.26. The number of carboxylic acids is 1. The normalized spacial score (nSPS) is 11.5. The number of hydrogen-bond donors (Lipinski definition) is 2. The van der Waals surface area contributed by atoms with Crippen LogP contribution in [0.25, 0.3) is 0 Å². The molecule has 1 aromatic carbocycles. The number of carbonyl (C=O) groups excluding carboxylic acids is 1. The number of hydrogen-bond acceptors (Lipinski definition) is 5. The lowest BCUT2D eigenvalue weighted by molar-refractivity contribution is -0.142. The number of aliphatic carboxylic acids is 1. The van der Waals surface area contributed by atoms with Gasteiger partial charge in [-0.3, -0.25) is 9.69 Å². The predicted octanol–water partition coefficient (Wildman–Crippen LogP) is 4.65. The van der Waals surface area contributed by atoms with E-state index in [-0.39, 0.29) is 27.5 Å². The van der Waals surface area contributed by atoms with Crippen molar-refractivity contribution < 1.29 is 32.7 Å². The van der Waals surface area contributed by atoms with E-state index >= 15 is 0 Å². The lowest BCUT2D eigenvalue weighted by atomic mass is 10.1. The second kappa shape index (κ2) is 11.8. The Bertz CT molecular complexity index is 867. The monoisotopic (exact) mass is 447 g/mol. The summed E-state index contributed by atoms with van der Waals surface area (Å²) in [4.78, 5) is 27.7. The van der Waals surface area contributed by atoms with E-state index in [0.29, 0.717) is 6.92 Å². The van der Waals surface area contributed by atoms with Crippen LogP contribution in [0.1, 0.15) is 26.3 Å². The van der Waals surface area contributed by atoms with E-state index in [0.717, 1.165) is 43.2 Å². The van der Waals surface area contributed by atoms with Crippen LogP contribution in [-0.4, -0.2) is 42.4 Å². The van der Waals surface area contributed by atoms with Crippen molar-refractivity contribution in [2.75, 3.05) is 11.5 Å². The summed E-state index contributed by atoms with van der Waals surface area (Å²) in [5.41, 5.74) is -0.756. The highest BCUT2D eigenvalue weighted by Crippen LogP contribution is 2.30. The van der Waals surface area contributed by atoms with Gasteiger partial charge in [-0.05, 0) is 37.4 Å². The zero-order chi connectivity index (χ0) is 23.6. The second-order valence-corrected chi connectivity index (χ2v) is 6.20. The Balaban J connectivity index is 0.00000407. The molecule has 0 heterocycles. The van der Waals surface area contributed by atoms with Crippen molar-refractivity contribution in [1.29, 1.82) is 5.41 Å². The summed E-state index contributed by atoms with van der Waals surface area (Å²) in [6, 6.07) is 2.02. The first-order valence-corrected chi connectivity index (χ1v) is 8.50. The van der Waals surface area contributed by atoms with E-state index in [1.165, 1.54) is 0 Å². The quantitative estimate of drug-likeness (QED) is 0.344. The number of rotatable bonds is 8. The van der Waals surface area contributed by atoms with Crippen molar-refractivity contribution in [2.24, 2.45) is 5.16 Å². The van der Waals surface area contributed by atoms with Crippen molar-refractivity contribution in [3.05, 3.63) is 52.5 Å². The molecule has 0 radical (unpaired) electrons. The standard InChI is InChI=1S/C18H18ClF3N2O4.CH3N/c1-10(18(4,21)22)5-11(2)24(12(3)25)16-6-13(14(19)7-15(16)20)8-23-28-9-17(26)27;1-2/h5-8H,2,9H2,1,3-4H3,(H,26,27);2H,1H2/b10-5+,23-8+;. The summed E-state index contributed by atoms with van der Waals surface area (Å²) in [6.45, 7) is 8.30. The highest BCUT2D eigenvalue weighted by molar-refractivity contribution is 6.33. The third-order valence-electron chi connectivity index (χ3n) is 3.44. The van der Waals surface area contributed by atoms with Gasteiger partial charge in [-0.2, -0.15) is 0 Å². The summed E-state index contributed by atoms with van der Waals surface area (Å²) in [6.07, 6.45) is 2.00. The minimum Gasteiger partial charge on any atom is -0.479 e. The molecule has 1 rings (SSSR count). The number of allylic oxidation sites excluding steroid dienone is 2. The number of nitrogens with one attached hydrogen (secondary N) is 1. The zero-order valence-corrected chi connectivity index (χ0v) is 17.3. The number of amides is 1. The highest BCUT2D eigenvalue weighted by atomic mass is 35.5. The first-order chi connectivity index (χ1) is 13.8. The van der Waals surface area contributed by atoms with Gasteiger partial charge in [0.1, 0.15) is 5.82 Å². The molecule has 0 aliphatic heterocycles. The second-order valence-electron chi connectivity index (χ2n) is 5.79. The van der Waals surface area contributed by atoms with Gasteiger partial charge in [0.05, 0.1) is 16.9 Å². The molecule has 0 aromatic heterocycles. The van der Waals surface area contributed by atoms with Crippen LogP contribution in [0.5, 0.6) is 0 Å². The molecule has 0 saturated heterocycles. The number of carbonyl (C=O) groups is 2. The minimum absolute atomic E-state index is 0.0927. The average Bonchev–Trinajstić information content (AvgIpc) is 2.62. The molecule has 0 saturated carbocycles. The number of benzene rings is 1. The maximum atomic E-state index is 14.4. The Morgan fingerprint density at radius 2 is 1.93 bits per heavy atom. The number of carboxylic acid groups (broad SMARTS) is 1. The average molecular weight is 448 g/mol. The number of nitrogens with zero attached hydrogens (tertiary/aromatic N) is 2. The molecule has 1 aromatic rings. The van der Waals surface area contributed by atoms with E-state index in [1.807, 2.05) is 0 Å². The smallest absolute Gasteiger partial charge is 0.344 e. The van der Waals surface area contributed by atoms with E-state index in [9.17, 15) is 22.8 Å². The van der Waals surface area contributed by atoms with Crippen LogP contribution >= 0.6 is 11.6 Å². The molecule has 0 spiro atoms. The fourth-order valence-electron chi connectivity index (χ4n) is 1.98. The molecule has 2 N–H and O–H groups in total. The fraction of sp³-hybridized carbons (Fsp3) is 0.263. The van der Waals surface area contributed by atoms with Gasteiger partial charge < -0.3 is 15.4 Å². The third kappa shape index (κ3) is 8.08. The Hall–Kier alpha value is -3.14. The number of halogens is 4.